The number of aliphatic hydroxyl groups excluding tert-OH is 3. The van der Waals surface area contributed by atoms with Crippen molar-refractivity contribution in [2.75, 3.05) is 11.9 Å². The van der Waals surface area contributed by atoms with Crippen LogP contribution in [0.5, 0.6) is 0 Å². The third-order valence-electron chi connectivity index (χ3n) is 3.90. The van der Waals surface area contributed by atoms with Crippen molar-refractivity contribution >= 4 is 11.7 Å². The molecular weight excluding hydrogens is 330 g/mol. The molecule has 132 valence electrons. The summed E-state index contributed by atoms with van der Waals surface area (Å²) in [5.74, 6) is -0.375. The number of aliphatic hydroxyl groups is 3. The van der Waals surface area contributed by atoms with Gasteiger partial charge in [0.2, 0.25) is 0 Å². The number of amides is 1. The molecule has 1 amide bonds. The average Bonchev–Trinajstić information content (AvgIpc) is 2.91. The molecule has 0 radical (unpaired) electrons. The lowest BCUT2D eigenvalue weighted by molar-refractivity contribution is -0.0549. The number of aromatic nitrogens is 2. The number of carbonyl (C=O) groups excluding carboxylic acids is 1. The van der Waals surface area contributed by atoms with Crippen molar-refractivity contribution in [1.82, 2.24) is 9.55 Å². The van der Waals surface area contributed by atoms with Crippen LogP contribution in [0.3, 0.4) is 0 Å². The van der Waals surface area contributed by atoms with Gasteiger partial charge in [0.15, 0.2) is 6.23 Å². The first-order valence-corrected chi connectivity index (χ1v) is 7.59. The fourth-order valence-electron chi connectivity index (χ4n) is 2.56. The highest BCUT2D eigenvalue weighted by molar-refractivity contribution is 6.03. The number of hydrogen-bond acceptors (Lipinski definition) is 7. The normalized spacial score (nSPS) is 25.7. The summed E-state index contributed by atoms with van der Waals surface area (Å²) in [4.78, 5) is 27.9. The fourth-order valence-corrected chi connectivity index (χ4v) is 2.56. The number of benzene rings is 1. The first-order valence-electron chi connectivity index (χ1n) is 7.59. The summed E-state index contributed by atoms with van der Waals surface area (Å²) < 4.78 is 6.27. The van der Waals surface area contributed by atoms with Gasteiger partial charge in [-0.15, -0.1) is 0 Å². The molecule has 9 heteroatoms. The van der Waals surface area contributed by atoms with E-state index >= 15 is 0 Å². The van der Waals surface area contributed by atoms with E-state index < -0.39 is 42.7 Å². The van der Waals surface area contributed by atoms with E-state index in [0.29, 0.717) is 5.56 Å². The van der Waals surface area contributed by atoms with Crippen LogP contribution >= 0.6 is 0 Å². The maximum atomic E-state index is 12.2. The zero-order valence-electron chi connectivity index (χ0n) is 13.0. The highest BCUT2D eigenvalue weighted by Gasteiger charge is 2.43. The number of anilines is 1. The van der Waals surface area contributed by atoms with Crippen LogP contribution in [0.25, 0.3) is 0 Å². The minimum Gasteiger partial charge on any atom is -0.394 e. The number of rotatable bonds is 4. The largest absolute Gasteiger partial charge is 0.394 e. The van der Waals surface area contributed by atoms with Crippen molar-refractivity contribution < 1.29 is 24.9 Å². The Balaban J connectivity index is 1.78. The third-order valence-corrected chi connectivity index (χ3v) is 3.90. The number of nitrogens with zero attached hydrogens (tertiary/aromatic N) is 2. The van der Waals surface area contributed by atoms with Gasteiger partial charge in [0.25, 0.3) is 5.91 Å². The van der Waals surface area contributed by atoms with Crippen molar-refractivity contribution in [2.24, 2.45) is 0 Å². The second-order valence-corrected chi connectivity index (χ2v) is 5.55. The van der Waals surface area contributed by atoms with Crippen LogP contribution in [-0.2, 0) is 4.74 Å². The van der Waals surface area contributed by atoms with Gasteiger partial charge in [-0.05, 0) is 18.2 Å². The second-order valence-electron chi connectivity index (χ2n) is 5.55. The Hall–Kier alpha value is -2.59. The lowest BCUT2D eigenvalue weighted by atomic mass is 10.1. The number of hydrogen-bond donors (Lipinski definition) is 4. The van der Waals surface area contributed by atoms with Crippen LogP contribution < -0.4 is 11.0 Å². The van der Waals surface area contributed by atoms with Gasteiger partial charge in [0, 0.05) is 11.8 Å². The van der Waals surface area contributed by atoms with Gasteiger partial charge in [0.05, 0.1) is 6.61 Å². The molecule has 1 saturated heterocycles. The molecule has 4 atom stereocenters. The SMILES string of the molecule is O=C(Nc1ccn([C@@H]2O[C@H](CO)[C@H](O)C2O)c(=O)n1)c1ccccc1. The summed E-state index contributed by atoms with van der Waals surface area (Å²) in [6.45, 7) is -0.498. The zero-order valence-corrected chi connectivity index (χ0v) is 13.0. The quantitative estimate of drug-likeness (QED) is 0.563. The summed E-state index contributed by atoms with van der Waals surface area (Å²) in [5.41, 5.74) is -0.363. The second kappa shape index (κ2) is 7.11. The lowest BCUT2D eigenvalue weighted by Crippen LogP contribution is -2.36. The molecule has 0 saturated carbocycles. The summed E-state index contributed by atoms with van der Waals surface area (Å²) in [7, 11) is 0. The van der Waals surface area contributed by atoms with E-state index in [0.717, 1.165) is 4.57 Å². The smallest absolute Gasteiger partial charge is 0.351 e. The Morgan fingerprint density at radius 2 is 1.92 bits per heavy atom. The maximum absolute atomic E-state index is 12.2. The van der Waals surface area contributed by atoms with Crippen molar-refractivity contribution in [1.29, 1.82) is 0 Å². The molecule has 9 nitrogen and oxygen atoms in total. The predicted molar refractivity (Wildman–Crippen MR) is 85.9 cm³/mol. The van der Waals surface area contributed by atoms with Crippen molar-refractivity contribution in [3.05, 3.63) is 58.6 Å². The highest BCUT2D eigenvalue weighted by atomic mass is 16.6. The molecule has 4 N–H and O–H groups in total. The monoisotopic (exact) mass is 347 g/mol. The molecule has 25 heavy (non-hydrogen) atoms. The van der Waals surface area contributed by atoms with Gasteiger partial charge in [0.1, 0.15) is 24.1 Å². The molecule has 0 spiro atoms. The summed E-state index contributed by atoms with van der Waals surface area (Å²) in [5, 5.41) is 31.3. The zero-order chi connectivity index (χ0) is 18.0. The average molecular weight is 347 g/mol. The molecule has 1 aromatic heterocycles. The van der Waals surface area contributed by atoms with Crippen LogP contribution in [0.4, 0.5) is 5.82 Å². The van der Waals surface area contributed by atoms with Gasteiger partial charge >= 0.3 is 5.69 Å². The van der Waals surface area contributed by atoms with Crippen molar-refractivity contribution in [2.45, 2.75) is 24.5 Å². The van der Waals surface area contributed by atoms with Gasteiger partial charge in [-0.1, -0.05) is 18.2 Å². The van der Waals surface area contributed by atoms with E-state index in [1.165, 1.54) is 12.3 Å². The number of ether oxygens (including phenoxy) is 1. The minimum atomic E-state index is -1.39. The van der Waals surface area contributed by atoms with Crippen LogP contribution in [0.2, 0.25) is 0 Å². The molecular formula is C16H17N3O6. The Morgan fingerprint density at radius 1 is 1.20 bits per heavy atom. The minimum absolute atomic E-state index is 0.0434. The number of carbonyl (C=O) groups is 1. The molecule has 1 unspecified atom stereocenters. The first kappa shape index (κ1) is 17.2. The van der Waals surface area contributed by atoms with E-state index in [1.54, 1.807) is 30.3 Å². The molecule has 1 fully saturated rings. The van der Waals surface area contributed by atoms with Crippen LogP contribution in [0, 0.1) is 0 Å². The van der Waals surface area contributed by atoms with E-state index in [9.17, 15) is 19.8 Å². The molecule has 2 heterocycles. The molecule has 3 rings (SSSR count). The van der Waals surface area contributed by atoms with Crippen LogP contribution in [0.15, 0.2) is 47.4 Å². The molecule has 1 aromatic carbocycles. The molecule has 1 aliphatic heterocycles. The fraction of sp³-hybridized carbons (Fsp3) is 0.312. The number of nitrogens with one attached hydrogen (secondary N) is 1. The van der Waals surface area contributed by atoms with Crippen LogP contribution in [0.1, 0.15) is 16.6 Å². The molecule has 1 aliphatic rings. The third kappa shape index (κ3) is 3.44. The standard InChI is InChI=1S/C16H17N3O6/c20-8-10-12(21)13(22)15(25-10)19-7-6-11(18-16(19)24)17-14(23)9-4-2-1-3-5-9/h1-7,10,12-13,15,20-22H,8H2,(H,17,18,23,24)/t10-,12+,13?,15-/m1/s1. The van der Waals surface area contributed by atoms with Gasteiger partial charge in [-0.2, -0.15) is 4.98 Å². The summed E-state index contributed by atoms with van der Waals surface area (Å²) in [6.07, 6.45) is -3.59. The predicted octanol–water partition coefficient (Wildman–Crippen LogP) is -0.893. The van der Waals surface area contributed by atoms with Crippen molar-refractivity contribution in [3.8, 4) is 0 Å². The Morgan fingerprint density at radius 3 is 2.52 bits per heavy atom. The molecule has 0 aliphatic carbocycles. The summed E-state index contributed by atoms with van der Waals surface area (Å²) in [6, 6.07) is 9.81. The summed E-state index contributed by atoms with van der Waals surface area (Å²) >= 11 is 0. The molecule has 0 bridgehead atoms. The van der Waals surface area contributed by atoms with E-state index in [1.807, 2.05) is 0 Å². The lowest BCUT2D eigenvalue weighted by Gasteiger charge is -2.17. The van der Waals surface area contributed by atoms with Gasteiger partial charge < -0.3 is 25.4 Å². The van der Waals surface area contributed by atoms with E-state index in [-0.39, 0.29) is 5.82 Å². The van der Waals surface area contributed by atoms with E-state index in [2.05, 4.69) is 10.3 Å². The topological polar surface area (TPSA) is 134 Å². The van der Waals surface area contributed by atoms with E-state index in [4.69, 9.17) is 9.84 Å². The highest BCUT2D eigenvalue weighted by Crippen LogP contribution is 2.28. The molecule has 2 aromatic rings. The van der Waals surface area contributed by atoms with Gasteiger partial charge in [-0.3, -0.25) is 9.36 Å². The Labute approximate surface area is 142 Å². The Kier molecular flexibility index (Phi) is 4.91. The van der Waals surface area contributed by atoms with Gasteiger partial charge in [-0.25, -0.2) is 4.79 Å². The van der Waals surface area contributed by atoms with Crippen molar-refractivity contribution in [3.63, 3.8) is 0 Å². The van der Waals surface area contributed by atoms with Crippen LogP contribution in [-0.4, -0.2) is 55.7 Å². The first-order chi connectivity index (χ1) is 12.0. The Bertz CT molecular complexity index is 809. The maximum Gasteiger partial charge on any atom is 0.351 e.